The normalized spacial score (nSPS) is 20.2. The predicted molar refractivity (Wildman–Crippen MR) is 94.8 cm³/mol. The standard InChI is InChI=1S/C18H17F4N5O2/c19-11-5-14(12-2-1-10(7-23-12)6-18(20,21)22)27-15(11)8-24-17(26-27)25-13-3-4-29-9-16(13)28/h1-2,5,7-8,13,16,28H,3-4,6,9H2,(H,25,26)/t13-,16-/m1/s1. The molecular weight excluding hydrogens is 394 g/mol. The number of nitrogens with one attached hydrogen (secondary N) is 1. The highest BCUT2D eigenvalue weighted by Gasteiger charge is 2.28. The van der Waals surface area contributed by atoms with Gasteiger partial charge in [-0.05, 0) is 18.1 Å². The summed E-state index contributed by atoms with van der Waals surface area (Å²) in [6.07, 6.45) is -3.20. The van der Waals surface area contributed by atoms with E-state index in [1.54, 1.807) is 0 Å². The van der Waals surface area contributed by atoms with Crippen LogP contribution in [-0.4, -0.2) is 56.2 Å². The highest BCUT2D eigenvalue weighted by atomic mass is 19.4. The van der Waals surface area contributed by atoms with E-state index in [1.165, 1.54) is 28.9 Å². The molecule has 0 bridgehead atoms. The van der Waals surface area contributed by atoms with Gasteiger partial charge in [0.2, 0.25) is 5.95 Å². The lowest BCUT2D eigenvalue weighted by molar-refractivity contribution is -0.127. The van der Waals surface area contributed by atoms with Crippen LogP contribution in [0.5, 0.6) is 0 Å². The largest absolute Gasteiger partial charge is 0.393 e. The van der Waals surface area contributed by atoms with Crippen LogP contribution in [0.25, 0.3) is 16.9 Å². The summed E-state index contributed by atoms with van der Waals surface area (Å²) >= 11 is 0. The zero-order chi connectivity index (χ0) is 20.6. The van der Waals surface area contributed by atoms with Gasteiger partial charge in [0, 0.05) is 18.9 Å². The SMILES string of the molecule is O[C@@H]1COCC[C@H]1Nc1ncc2c(F)cc(-c3ccc(CC(F)(F)F)cn3)n2n1. The summed E-state index contributed by atoms with van der Waals surface area (Å²) in [5, 5.41) is 17.3. The fraction of sp³-hybridized carbons (Fsp3) is 0.389. The van der Waals surface area contributed by atoms with Crippen LogP contribution >= 0.6 is 0 Å². The number of aliphatic hydroxyl groups excluding tert-OH is 1. The zero-order valence-corrected chi connectivity index (χ0v) is 15.0. The molecule has 1 fully saturated rings. The number of nitrogens with zero attached hydrogens (tertiary/aromatic N) is 4. The Morgan fingerprint density at radius 1 is 1.24 bits per heavy atom. The van der Waals surface area contributed by atoms with Gasteiger partial charge >= 0.3 is 6.18 Å². The zero-order valence-electron chi connectivity index (χ0n) is 15.0. The van der Waals surface area contributed by atoms with E-state index in [1.807, 2.05) is 0 Å². The number of ether oxygens (including phenoxy) is 1. The smallest absolute Gasteiger partial charge is 0.389 e. The molecule has 4 rings (SSSR count). The molecular formula is C18H17F4N5O2. The maximum absolute atomic E-state index is 14.3. The molecule has 0 unspecified atom stereocenters. The number of aliphatic hydroxyl groups is 1. The summed E-state index contributed by atoms with van der Waals surface area (Å²) in [6, 6.07) is 3.57. The summed E-state index contributed by atoms with van der Waals surface area (Å²) in [4.78, 5) is 8.11. The van der Waals surface area contributed by atoms with Crippen LogP contribution in [0.3, 0.4) is 0 Å². The number of anilines is 1. The third-order valence-corrected chi connectivity index (χ3v) is 4.60. The van der Waals surface area contributed by atoms with Crippen molar-refractivity contribution in [1.29, 1.82) is 0 Å². The van der Waals surface area contributed by atoms with Crippen molar-refractivity contribution in [3.8, 4) is 11.4 Å². The first-order valence-corrected chi connectivity index (χ1v) is 8.89. The molecule has 0 aromatic carbocycles. The van der Waals surface area contributed by atoms with Crippen LogP contribution in [-0.2, 0) is 11.2 Å². The number of rotatable bonds is 4. The Hall–Kier alpha value is -2.79. The molecule has 2 atom stereocenters. The van der Waals surface area contributed by atoms with Gasteiger partial charge in [0.15, 0.2) is 5.82 Å². The van der Waals surface area contributed by atoms with Crippen molar-refractivity contribution in [1.82, 2.24) is 19.6 Å². The molecule has 1 aliphatic heterocycles. The third-order valence-electron chi connectivity index (χ3n) is 4.60. The monoisotopic (exact) mass is 411 g/mol. The van der Waals surface area contributed by atoms with E-state index in [-0.39, 0.29) is 41.1 Å². The summed E-state index contributed by atoms with van der Waals surface area (Å²) < 4.78 is 58.3. The Bertz CT molecular complexity index is 1010. The van der Waals surface area contributed by atoms with Crippen LogP contribution in [0.4, 0.5) is 23.5 Å². The van der Waals surface area contributed by atoms with Crippen LogP contribution in [0, 0.1) is 5.82 Å². The van der Waals surface area contributed by atoms with Crippen molar-refractivity contribution in [3.05, 3.63) is 42.0 Å². The first kappa shape index (κ1) is 19.5. The summed E-state index contributed by atoms with van der Waals surface area (Å²) in [5.41, 5.74) is 0.645. The van der Waals surface area contributed by atoms with Gasteiger partial charge in [0.1, 0.15) is 5.52 Å². The predicted octanol–water partition coefficient (Wildman–Crippen LogP) is 2.60. The van der Waals surface area contributed by atoms with Crippen LogP contribution in [0.15, 0.2) is 30.6 Å². The van der Waals surface area contributed by atoms with E-state index in [9.17, 15) is 22.7 Å². The van der Waals surface area contributed by atoms with Crippen molar-refractivity contribution < 1.29 is 27.4 Å². The number of halogens is 4. The molecule has 0 radical (unpaired) electrons. The maximum Gasteiger partial charge on any atom is 0.393 e. The second-order valence-electron chi connectivity index (χ2n) is 6.78. The molecule has 154 valence electrons. The van der Waals surface area contributed by atoms with E-state index in [4.69, 9.17) is 4.74 Å². The Labute approximate surface area is 162 Å². The second kappa shape index (κ2) is 7.56. The van der Waals surface area contributed by atoms with Crippen molar-refractivity contribution in [3.63, 3.8) is 0 Å². The quantitative estimate of drug-likeness (QED) is 0.642. The van der Waals surface area contributed by atoms with E-state index >= 15 is 0 Å². The summed E-state index contributed by atoms with van der Waals surface area (Å²) in [5.74, 6) is -0.409. The minimum Gasteiger partial charge on any atom is -0.389 e. The van der Waals surface area contributed by atoms with E-state index in [2.05, 4.69) is 20.4 Å². The minimum atomic E-state index is -4.33. The van der Waals surface area contributed by atoms with Gasteiger partial charge in [-0.15, -0.1) is 5.10 Å². The minimum absolute atomic E-state index is 0.00747. The molecule has 0 saturated carbocycles. The van der Waals surface area contributed by atoms with Gasteiger partial charge in [0.25, 0.3) is 0 Å². The van der Waals surface area contributed by atoms with E-state index in [0.717, 1.165) is 6.20 Å². The molecule has 1 aliphatic rings. The number of hydrogen-bond donors (Lipinski definition) is 2. The van der Waals surface area contributed by atoms with Gasteiger partial charge < -0.3 is 15.2 Å². The number of aromatic nitrogens is 4. The highest BCUT2D eigenvalue weighted by molar-refractivity contribution is 5.64. The Kier molecular flexibility index (Phi) is 5.09. The summed E-state index contributed by atoms with van der Waals surface area (Å²) in [6.45, 7) is 0.673. The number of fused-ring (bicyclic) bond motifs is 1. The van der Waals surface area contributed by atoms with Crippen LogP contribution < -0.4 is 5.32 Å². The fourth-order valence-corrected chi connectivity index (χ4v) is 3.17. The molecule has 11 heteroatoms. The summed E-state index contributed by atoms with van der Waals surface area (Å²) in [7, 11) is 0. The molecule has 3 aromatic heterocycles. The van der Waals surface area contributed by atoms with Crippen molar-refractivity contribution in [2.45, 2.75) is 31.2 Å². The maximum atomic E-state index is 14.3. The van der Waals surface area contributed by atoms with Gasteiger partial charge in [-0.2, -0.15) is 13.2 Å². The Balaban J connectivity index is 1.64. The highest BCUT2D eigenvalue weighted by Crippen LogP contribution is 2.26. The average molecular weight is 411 g/mol. The fourth-order valence-electron chi connectivity index (χ4n) is 3.17. The molecule has 3 aromatic rings. The van der Waals surface area contributed by atoms with Crippen LogP contribution in [0.1, 0.15) is 12.0 Å². The van der Waals surface area contributed by atoms with E-state index in [0.29, 0.717) is 13.0 Å². The molecule has 2 N–H and O–H groups in total. The number of alkyl halides is 3. The first-order chi connectivity index (χ1) is 13.8. The topological polar surface area (TPSA) is 84.6 Å². The van der Waals surface area contributed by atoms with Crippen LogP contribution in [0.2, 0.25) is 0 Å². The van der Waals surface area contributed by atoms with Crippen molar-refractivity contribution >= 4 is 11.5 Å². The lowest BCUT2D eigenvalue weighted by Gasteiger charge is -2.28. The number of hydrogen-bond acceptors (Lipinski definition) is 6. The molecule has 0 spiro atoms. The van der Waals surface area contributed by atoms with Gasteiger partial charge in [-0.3, -0.25) is 4.98 Å². The Morgan fingerprint density at radius 3 is 2.76 bits per heavy atom. The second-order valence-corrected chi connectivity index (χ2v) is 6.78. The van der Waals surface area contributed by atoms with Crippen molar-refractivity contribution in [2.24, 2.45) is 0 Å². The number of pyridine rings is 1. The first-order valence-electron chi connectivity index (χ1n) is 8.89. The molecule has 7 nitrogen and oxygen atoms in total. The Morgan fingerprint density at radius 2 is 2.07 bits per heavy atom. The van der Waals surface area contributed by atoms with Gasteiger partial charge in [-0.1, -0.05) is 6.07 Å². The van der Waals surface area contributed by atoms with E-state index < -0.39 is 24.5 Å². The molecule has 0 amide bonds. The molecule has 1 saturated heterocycles. The molecule has 0 aliphatic carbocycles. The van der Waals surface area contributed by atoms with Gasteiger partial charge in [0.05, 0.1) is 42.8 Å². The van der Waals surface area contributed by atoms with Gasteiger partial charge in [-0.25, -0.2) is 13.9 Å². The lowest BCUT2D eigenvalue weighted by atomic mass is 10.1. The average Bonchev–Trinajstić information content (AvgIpc) is 2.99. The van der Waals surface area contributed by atoms with Crippen molar-refractivity contribution in [2.75, 3.05) is 18.5 Å². The molecule has 29 heavy (non-hydrogen) atoms. The molecule has 4 heterocycles. The lowest BCUT2D eigenvalue weighted by Crippen LogP contribution is -2.42. The third kappa shape index (κ3) is 4.30.